The smallest absolute Gasteiger partial charge is 0.269 e. The average molecular weight is 316 g/mol. The van der Waals surface area contributed by atoms with E-state index in [2.05, 4.69) is 22.2 Å². The SMILES string of the molecule is C=CCNc1ccc(C(=O)NCCc2cccc(Cl)c2)nc1. The molecule has 1 heterocycles. The number of aromatic nitrogens is 1. The molecule has 0 aliphatic carbocycles. The lowest BCUT2D eigenvalue weighted by Crippen LogP contribution is -2.26. The molecule has 4 nitrogen and oxygen atoms in total. The molecule has 0 bridgehead atoms. The van der Waals surface area contributed by atoms with Crippen LogP contribution in [0.25, 0.3) is 0 Å². The zero-order valence-corrected chi connectivity index (χ0v) is 12.9. The summed E-state index contributed by atoms with van der Waals surface area (Å²) in [5.41, 5.74) is 2.34. The Kier molecular flexibility index (Phi) is 5.98. The van der Waals surface area contributed by atoms with Crippen LogP contribution in [0, 0.1) is 0 Å². The first kappa shape index (κ1) is 16.0. The maximum atomic E-state index is 12.0. The van der Waals surface area contributed by atoms with Crippen molar-refractivity contribution < 1.29 is 4.79 Å². The molecule has 1 aromatic carbocycles. The fourth-order valence-corrected chi connectivity index (χ4v) is 2.14. The molecule has 0 atom stereocenters. The van der Waals surface area contributed by atoms with E-state index in [1.165, 1.54) is 0 Å². The number of nitrogens with one attached hydrogen (secondary N) is 2. The van der Waals surface area contributed by atoms with E-state index in [4.69, 9.17) is 11.6 Å². The third-order valence-electron chi connectivity index (χ3n) is 3.03. The van der Waals surface area contributed by atoms with Gasteiger partial charge in [-0.3, -0.25) is 4.79 Å². The number of carbonyl (C=O) groups is 1. The van der Waals surface area contributed by atoms with Gasteiger partial charge in [0.05, 0.1) is 11.9 Å². The highest BCUT2D eigenvalue weighted by Gasteiger charge is 2.06. The Morgan fingerprint density at radius 1 is 1.32 bits per heavy atom. The largest absolute Gasteiger partial charge is 0.380 e. The third kappa shape index (κ3) is 4.90. The Labute approximate surface area is 135 Å². The van der Waals surface area contributed by atoms with E-state index in [0.717, 1.165) is 17.7 Å². The van der Waals surface area contributed by atoms with Crippen molar-refractivity contribution in [1.82, 2.24) is 10.3 Å². The second kappa shape index (κ2) is 8.20. The third-order valence-corrected chi connectivity index (χ3v) is 3.27. The number of benzene rings is 1. The highest BCUT2D eigenvalue weighted by molar-refractivity contribution is 6.30. The molecule has 0 fully saturated rings. The summed E-state index contributed by atoms with van der Waals surface area (Å²) >= 11 is 5.92. The van der Waals surface area contributed by atoms with E-state index >= 15 is 0 Å². The normalized spacial score (nSPS) is 10.0. The molecule has 0 aliphatic heterocycles. The van der Waals surface area contributed by atoms with Crippen molar-refractivity contribution in [2.75, 3.05) is 18.4 Å². The van der Waals surface area contributed by atoms with Crippen LogP contribution in [0.3, 0.4) is 0 Å². The number of halogens is 1. The molecule has 5 heteroatoms. The lowest BCUT2D eigenvalue weighted by molar-refractivity contribution is 0.0949. The fourth-order valence-electron chi connectivity index (χ4n) is 1.93. The molecule has 0 unspecified atom stereocenters. The highest BCUT2D eigenvalue weighted by Crippen LogP contribution is 2.11. The molecule has 0 spiro atoms. The molecule has 2 rings (SSSR count). The number of anilines is 1. The van der Waals surface area contributed by atoms with Gasteiger partial charge >= 0.3 is 0 Å². The van der Waals surface area contributed by atoms with Gasteiger partial charge in [-0.15, -0.1) is 6.58 Å². The van der Waals surface area contributed by atoms with Crippen LogP contribution < -0.4 is 10.6 Å². The van der Waals surface area contributed by atoms with Gasteiger partial charge in [-0.1, -0.05) is 29.8 Å². The Balaban J connectivity index is 1.83. The summed E-state index contributed by atoms with van der Waals surface area (Å²) in [6, 6.07) is 11.1. The van der Waals surface area contributed by atoms with Gasteiger partial charge in [0.2, 0.25) is 0 Å². The fraction of sp³-hybridized carbons (Fsp3) is 0.176. The Morgan fingerprint density at radius 2 is 2.18 bits per heavy atom. The topological polar surface area (TPSA) is 54.0 Å². The number of rotatable bonds is 7. The lowest BCUT2D eigenvalue weighted by Gasteiger charge is -2.07. The lowest BCUT2D eigenvalue weighted by atomic mass is 10.1. The van der Waals surface area contributed by atoms with Gasteiger partial charge in [0.25, 0.3) is 5.91 Å². The zero-order chi connectivity index (χ0) is 15.8. The van der Waals surface area contributed by atoms with Gasteiger partial charge in [-0.2, -0.15) is 0 Å². The second-order valence-electron chi connectivity index (χ2n) is 4.74. The summed E-state index contributed by atoms with van der Waals surface area (Å²) in [7, 11) is 0. The summed E-state index contributed by atoms with van der Waals surface area (Å²) < 4.78 is 0. The molecule has 22 heavy (non-hydrogen) atoms. The molecule has 0 saturated carbocycles. The Hall–Kier alpha value is -2.33. The van der Waals surface area contributed by atoms with Crippen molar-refractivity contribution in [3.05, 3.63) is 71.5 Å². The van der Waals surface area contributed by atoms with E-state index in [1.54, 1.807) is 18.3 Å². The monoisotopic (exact) mass is 315 g/mol. The minimum Gasteiger partial charge on any atom is -0.380 e. The van der Waals surface area contributed by atoms with Crippen LogP contribution in [-0.2, 0) is 6.42 Å². The van der Waals surface area contributed by atoms with Gasteiger partial charge in [0.15, 0.2) is 0 Å². The van der Waals surface area contributed by atoms with Crippen LogP contribution in [0.2, 0.25) is 5.02 Å². The van der Waals surface area contributed by atoms with Gasteiger partial charge in [0, 0.05) is 18.1 Å². The van der Waals surface area contributed by atoms with Gasteiger partial charge in [0.1, 0.15) is 5.69 Å². The van der Waals surface area contributed by atoms with Crippen molar-refractivity contribution in [2.45, 2.75) is 6.42 Å². The maximum absolute atomic E-state index is 12.0. The zero-order valence-electron chi connectivity index (χ0n) is 12.2. The van der Waals surface area contributed by atoms with Crippen LogP contribution in [0.1, 0.15) is 16.1 Å². The second-order valence-corrected chi connectivity index (χ2v) is 5.17. The van der Waals surface area contributed by atoms with Crippen LogP contribution in [0.15, 0.2) is 55.3 Å². The van der Waals surface area contributed by atoms with Crippen molar-refractivity contribution in [3.8, 4) is 0 Å². The Bertz CT molecular complexity index is 641. The van der Waals surface area contributed by atoms with Crippen molar-refractivity contribution in [1.29, 1.82) is 0 Å². The number of pyridine rings is 1. The standard InChI is InChI=1S/C17H18ClN3O/c1-2-9-19-15-6-7-16(21-12-15)17(22)20-10-8-13-4-3-5-14(18)11-13/h2-7,11-12,19H,1,8-10H2,(H,20,22). The van der Waals surface area contributed by atoms with E-state index in [1.807, 2.05) is 30.3 Å². The van der Waals surface area contributed by atoms with Crippen LogP contribution >= 0.6 is 11.6 Å². The highest BCUT2D eigenvalue weighted by atomic mass is 35.5. The summed E-state index contributed by atoms with van der Waals surface area (Å²) in [5, 5.41) is 6.66. The quantitative estimate of drug-likeness (QED) is 0.771. The van der Waals surface area contributed by atoms with E-state index < -0.39 is 0 Å². The number of nitrogens with zero attached hydrogens (tertiary/aromatic N) is 1. The molecule has 2 aromatic rings. The Morgan fingerprint density at radius 3 is 2.86 bits per heavy atom. The molecule has 1 amide bonds. The first-order valence-electron chi connectivity index (χ1n) is 7.02. The molecule has 0 saturated heterocycles. The molecular formula is C17H18ClN3O. The van der Waals surface area contributed by atoms with Gasteiger partial charge in [-0.05, 0) is 36.2 Å². The molecule has 114 valence electrons. The molecule has 0 radical (unpaired) electrons. The van der Waals surface area contributed by atoms with Crippen molar-refractivity contribution in [2.24, 2.45) is 0 Å². The van der Waals surface area contributed by atoms with Gasteiger partial charge in [-0.25, -0.2) is 4.98 Å². The van der Waals surface area contributed by atoms with Crippen molar-refractivity contribution >= 4 is 23.2 Å². The summed E-state index contributed by atoms with van der Waals surface area (Å²) in [4.78, 5) is 16.1. The number of hydrogen-bond acceptors (Lipinski definition) is 3. The minimum atomic E-state index is -0.183. The number of hydrogen-bond donors (Lipinski definition) is 2. The minimum absolute atomic E-state index is 0.183. The van der Waals surface area contributed by atoms with Crippen LogP contribution in [0.5, 0.6) is 0 Å². The molecule has 0 aliphatic rings. The summed E-state index contributed by atoms with van der Waals surface area (Å²) in [5.74, 6) is -0.183. The number of amides is 1. The molecular weight excluding hydrogens is 298 g/mol. The predicted molar refractivity (Wildman–Crippen MR) is 90.4 cm³/mol. The summed E-state index contributed by atoms with van der Waals surface area (Å²) in [6.07, 6.45) is 4.12. The molecule has 1 aromatic heterocycles. The average Bonchev–Trinajstić information content (AvgIpc) is 2.53. The van der Waals surface area contributed by atoms with Crippen LogP contribution in [-0.4, -0.2) is 24.0 Å². The van der Waals surface area contributed by atoms with Crippen molar-refractivity contribution in [3.63, 3.8) is 0 Å². The first-order chi connectivity index (χ1) is 10.7. The number of carbonyl (C=O) groups excluding carboxylic acids is 1. The first-order valence-corrected chi connectivity index (χ1v) is 7.40. The van der Waals surface area contributed by atoms with Gasteiger partial charge < -0.3 is 10.6 Å². The van der Waals surface area contributed by atoms with E-state index in [0.29, 0.717) is 23.8 Å². The summed E-state index contributed by atoms with van der Waals surface area (Å²) in [6.45, 7) is 4.83. The van der Waals surface area contributed by atoms with E-state index in [9.17, 15) is 4.79 Å². The van der Waals surface area contributed by atoms with Crippen LogP contribution in [0.4, 0.5) is 5.69 Å². The molecule has 2 N–H and O–H groups in total. The predicted octanol–water partition coefficient (Wildman–Crippen LogP) is 3.31. The maximum Gasteiger partial charge on any atom is 0.269 e. The van der Waals surface area contributed by atoms with E-state index in [-0.39, 0.29) is 5.91 Å².